The Labute approximate surface area is 327 Å². The predicted molar refractivity (Wildman–Crippen MR) is 204 cm³/mol. The summed E-state index contributed by atoms with van der Waals surface area (Å²) in [4.78, 5) is 76.9. The first-order chi connectivity index (χ1) is 27.1. The molecule has 1 aromatic carbocycles. The van der Waals surface area contributed by atoms with E-state index in [2.05, 4.69) is 25.7 Å². The van der Waals surface area contributed by atoms with Crippen molar-refractivity contribution >= 4 is 57.3 Å². The second-order valence-electron chi connectivity index (χ2n) is 14.7. The maximum atomic E-state index is 14.5. The van der Waals surface area contributed by atoms with Crippen molar-refractivity contribution in [3.05, 3.63) is 41.8 Å². The van der Waals surface area contributed by atoms with Gasteiger partial charge in [-0.25, -0.2) is 24.4 Å². The number of rotatable bonds is 8. The number of allylic oxidation sites excluding steroid dienone is 1. The van der Waals surface area contributed by atoms with E-state index in [1.54, 1.807) is 36.8 Å². The van der Waals surface area contributed by atoms with Gasteiger partial charge in [0, 0.05) is 35.2 Å². The van der Waals surface area contributed by atoms with Gasteiger partial charge in [-0.3, -0.25) is 14.9 Å². The molecule has 17 heteroatoms. The molecule has 1 unspecified atom stereocenters. The van der Waals surface area contributed by atoms with E-state index in [9.17, 15) is 29.1 Å². The van der Waals surface area contributed by atoms with Crippen LogP contribution in [-0.4, -0.2) is 101 Å². The number of carboxylic acids is 1. The van der Waals surface area contributed by atoms with Crippen LogP contribution in [0.15, 0.2) is 41.8 Å². The molecule has 0 spiro atoms. The van der Waals surface area contributed by atoms with Gasteiger partial charge in [0.2, 0.25) is 11.8 Å². The molecule has 2 aliphatic heterocycles. The monoisotopic (exact) mass is 790 g/mol. The molecule has 4 N–H and O–H groups in total. The maximum absolute atomic E-state index is 14.5. The van der Waals surface area contributed by atoms with Crippen molar-refractivity contribution in [2.45, 2.75) is 100 Å². The third kappa shape index (κ3) is 8.51. The van der Waals surface area contributed by atoms with Crippen LogP contribution in [0.4, 0.5) is 14.7 Å². The Hall–Kier alpha value is -5.45. The number of pyridine rings is 1. The summed E-state index contributed by atoms with van der Waals surface area (Å²) >= 11 is 1.18. The van der Waals surface area contributed by atoms with E-state index in [1.807, 2.05) is 12.2 Å². The Kier molecular flexibility index (Phi) is 11.6. The lowest BCUT2D eigenvalue weighted by Crippen LogP contribution is -2.56. The average molecular weight is 791 g/mol. The average Bonchev–Trinajstić information content (AvgIpc) is 3.62. The van der Waals surface area contributed by atoms with Gasteiger partial charge in [0.1, 0.15) is 47.0 Å². The molecule has 0 bridgehead atoms. The number of amides is 4. The second kappa shape index (κ2) is 16.7. The molecule has 5 atom stereocenters. The quantitative estimate of drug-likeness (QED) is 0.211. The first-order valence-electron chi connectivity index (χ1n) is 19.0. The van der Waals surface area contributed by atoms with Crippen LogP contribution in [0.2, 0.25) is 0 Å². The summed E-state index contributed by atoms with van der Waals surface area (Å²) in [6.07, 6.45) is 8.64. The Bertz CT molecular complexity index is 2020. The number of carbonyl (C=O) groups excluding carboxylic acids is 4. The van der Waals surface area contributed by atoms with Crippen LogP contribution >= 0.6 is 11.3 Å². The normalized spacial score (nSPS) is 26.1. The zero-order valence-corrected chi connectivity index (χ0v) is 32.1. The molecule has 56 heavy (non-hydrogen) atoms. The summed E-state index contributed by atoms with van der Waals surface area (Å²) in [7, 11) is 2.80. The summed E-state index contributed by atoms with van der Waals surface area (Å²) in [6.45, 7) is -0.0185. The lowest BCUT2D eigenvalue weighted by molar-refractivity contribution is -0.145. The number of nitrogens with zero attached hydrogens (tertiary/aromatic N) is 3. The van der Waals surface area contributed by atoms with E-state index < -0.39 is 53.7 Å². The predicted octanol–water partition coefficient (Wildman–Crippen LogP) is 5.41. The highest BCUT2D eigenvalue weighted by atomic mass is 32.1. The Balaban J connectivity index is 1.20. The summed E-state index contributed by atoms with van der Waals surface area (Å²) in [5, 5.41) is 21.1. The van der Waals surface area contributed by atoms with Gasteiger partial charge in [0.25, 0.3) is 0 Å². The van der Waals surface area contributed by atoms with Crippen LogP contribution < -0.4 is 25.4 Å². The minimum Gasteiger partial charge on any atom is -0.497 e. The lowest BCUT2D eigenvalue weighted by atomic mass is 10.0. The molecule has 7 rings (SSSR count). The SMILES string of the molecule is COC(=O)Nc1nc(-c2cc(O[C@@H]3CC4C(=O)N[C@]5(C(=O)O)C[C@@H]5/C=C\CCCCC[C@H](NC(=O)OC5CCCC5)C(=O)N4C3)c3ccc(OC)cc3n2)cs1. The number of aromatic nitrogens is 2. The standard InChI is InChI=1S/C39H46N6O10S/c1-52-24-14-15-26-28(16-24)40-29(30-21-56-36(41-30)43-37(50)53-2)18-32(26)54-25-17-31-33(46)44-39(35(48)49)19-22(39)10-6-4-3-5-7-13-27(34(47)45(31)20-25)42-38(51)55-23-11-8-9-12-23/h6,10,14-16,18,21-23,25,27,31H,3-5,7-9,11-13,17,19-20H2,1-2H3,(H,42,51)(H,44,46)(H,48,49)(H,41,43,50)/b10-6-/t22-,25+,27-,31?,39+/m0/s1. The number of carbonyl (C=O) groups is 5. The highest BCUT2D eigenvalue weighted by molar-refractivity contribution is 7.14. The van der Waals surface area contributed by atoms with Crippen molar-refractivity contribution in [3.63, 3.8) is 0 Å². The topological polar surface area (TPSA) is 208 Å². The van der Waals surface area contributed by atoms with Crippen LogP contribution in [0.25, 0.3) is 22.3 Å². The van der Waals surface area contributed by atoms with E-state index in [0.717, 1.165) is 44.9 Å². The van der Waals surface area contributed by atoms with E-state index in [4.69, 9.17) is 19.2 Å². The van der Waals surface area contributed by atoms with E-state index in [0.29, 0.717) is 51.8 Å². The molecule has 16 nitrogen and oxygen atoms in total. The number of hydrogen-bond donors (Lipinski definition) is 4. The zero-order valence-electron chi connectivity index (χ0n) is 31.3. The van der Waals surface area contributed by atoms with Gasteiger partial charge in [-0.1, -0.05) is 25.0 Å². The first kappa shape index (κ1) is 38.8. The van der Waals surface area contributed by atoms with Crippen molar-refractivity contribution < 1.29 is 48.0 Å². The van der Waals surface area contributed by atoms with Gasteiger partial charge in [-0.2, -0.15) is 0 Å². The fraction of sp³-hybridized carbons (Fsp3) is 0.513. The number of fused-ring (bicyclic) bond motifs is 3. The number of alkyl carbamates (subject to hydrolysis) is 1. The number of hydrogen-bond acceptors (Lipinski definition) is 12. The lowest BCUT2D eigenvalue weighted by Gasteiger charge is -2.29. The van der Waals surface area contributed by atoms with Crippen molar-refractivity contribution in [1.29, 1.82) is 0 Å². The number of benzene rings is 1. The van der Waals surface area contributed by atoms with Crippen LogP contribution in [0.5, 0.6) is 11.5 Å². The highest BCUT2D eigenvalue weighted by Gasteiger charge is 2.61. The van der Waals surface area contributed by atoms with Crippen molar-refractivity contribution in [2.24, 2.45) is 5.92 Å². The molecule has 298 valence electrons. The number of nitrogens with one attached hydrogen (secondary N) is 3. The third-order valence-corrected chi connectivity index (χ3v) is 11.7. The van der Waals surface area contributed by atoms with Crippen LogP contribution in [0, 0.1) is 5.92 Å². The molecule has 3 fully saturated rings. The molecule has 0 radical (unpaired) electrons. The molecule has 4 aliphatic rings. The molecule has 1 saturated heterocycles. The van der Waals surface area contributed by atoms with Gasteiger partial charge in [-0.05, 0) is 63.5 Å². The Morgan fingerprint density at radius 3 is 2.55 bits per heavy atom. The zero-order chi connectivity index (χ0) is 39.4. The van der Waals surface area contributed by atoms with E-state index in [1.165, 1.54) is 23.3 Å². The Morgan fingerprint density at radius 1 is 0.982 bits per heavy atom. The van der Waals surface area contributed by atoms with Crippen LogP contribution in [0.1, 0.15) is 70.6 Å². The van der Waals surface area contributed by atoms with Gasteiger partial charge in [0.15, 0.2) is 5.13 Å². The second-order valence-corrected chi connectivity index (χ2v) is 15.5. The fourth-order valence-electron chi connectivity index (χ4n) is 7.78. The molecule has 2 saturated carbocycles. The number of ether oxygens (including phenoxy) is 4. The number of carboxylic acid groups (broad SMARTS) is 1. The van der Waals surface area contributed by atoms with Crippen molar-refractivity contribution in [2.75, 3.05) is 26.1 Å². The summed E-state index contributed by atoms with van der Waals surface area (Å²) in [6, 6.07) is 4.94. The largest absolute Gasteiger partial charge is 0.497 e. The summed E-state index contributed by atoms with van der Waals surface area (Å²) < 4.78 is 22.5. The van der Waals surface area contributed by atoms with E-state index >= 15 is 0 Å². The number of anilines is 1. The summed E-state index contributed by atoms with van der Waals surface area (Å²) in [5.74, 6) is -1.64. The first-order valence-corrected chi connectivity index (χ1v) is 19.9. The summed E-state index contributed by atoms with van der Waals surface area (Å²) in [5.41, 5.74) is -0.0720. The third-order valence-electron chi connectivity index (χ3n) is 10.9. The number of methoxy groups -OCH3 is 2. The van der Waals surface area contributed by atoms with Crippen molar-refractivity contribution in [1.82, 2.24) is 25.5 Å². The van der Waals surface area contributed by atoms with Gasteiger partial charge in [-0.15, -0.1) is 11.3 Å². The van der Waals surface area contributed by atoms with Gasteiger partial charge >= 0.3 is 18.2 Å². The number of aliphatic carboxylic acids is 1. The van der Waals surface area contributed by atoms with E-state index in [-0.39, 0.29) is 31.4 Å². The molecule has 3 aromatic rings. The maximum Gasteiger partial charge on any atom is 0.413 e. The molecule has 4 heterocycles. The smallest absolute Gasteiger partial charge is 0.413 e. The molecular formula is C39H46N6O10S. The van der Waals surface area contributed by atoms with Crippen LogP contribution in [-0.2, 0) is 23.9 Å². The highest BCUT2D eigenvalue weighted by Crippen LogP contribution is 2.45. The fourth-order valence-corrected chi connectivity index (χ4v) is 8.47. The van der Waals surface area contributed by atoms with Gasteiger partial charge in [0.05, 0.1) is 32.0 Å². The molecule has 4 amide bonds. The number of thiazole rings is 1. The molecule has 2 aromatic heterocycles. The van der Waals surface area contributed by atoms with Crippen LogP contribution in [0.3, 0.4) is 0 Å². The Morgan fingerprint density at radius 2 is 1.79 bits per heavy atom. The minimum absolute atomic E-state index is 0.0185. The van der Waals surface area contributed by atoms with Gasteiger partial charge < -0.3 is 39.6 Å². The van der Waals surface area contributed by atoms with Crippen molar-refractivity contribution in [3.8, 4) is 22.9 Å². The minimum atomic E-state index is -1.48. The molecule has 2 aliphatic carbocycles. The molecular weight excluding hydrogens is 745 g/mol.